The molecular weight excluding hydrogens is 834 g/mol. The Balaban J connectivity index is 4.16. The number of ether oxygens (including phenoxy) is 2. The second kappa shape index (κ2) is 47.8. The van der Waals surface area contributed by atoms with E-state index in [4.69, 9.17) is 18.5 Å². The van der Waals surface area contributed by atoms with E-state index >= 15 is 0 Å². The maximum absolute atomic E-state index is 12.8. The van der Waals surface area contributed by atoms with Gasteiger partial charge in [0.2, 0.25) is 0 Å². The van der Waals surface area contributed by atoms with Gasteiger partial charge >= 0.3 is 11.9 Å². The molecule has 0 amide bonds. The van der Waals surface area contributed by atoms with Crippen molar-refractivity contribution < 1.29 is 42.1 Å². The fraction of sp³-hybridized carbons (Fsp3) is 0.927. The molecule has 0 saturated carbocycles. The van der Waals surface area contributed by atoms with Gasteiger partial charge in [0.1, 0.15) is 19.8 Å². The molecule has 0 radical (unpaired) electrons. The molecule has 10 heteroatoms. The van der Waals surface area contributed by atoms with Crippen molar-refractivity contribution in [3.8, 4) is 0 Å². The number of hydrogen-bond acceptors (Lipinski definition) is 8. The van der Waals surface area contributed by atoms with Crippen molar-refractivity contribution in [2.45, 2.75) is 283 Å². The minimum absolute atomic E-state index is 0.0271. The van der Waals surface area contributed by atoms with Gasteiger partial charge in [0.15, 0.2) is 6.10 Å². The lowest BCUT2D eigenvalue weighted by Gasteiger charge is -2.28. The summed E-state index contributed by atoms with van der Waals surface area (Å²) in [5.41, 5.74) is 0. The van der Waals surface area contributed by atoms with Crippen molar-refractivity contribution >= 4 is 19.8 Å². The van der Waals surface area contributed by atoms with Crippen LogP contribution in [0.3, 0.4) is 0 Å². The number of allylic oxidation sites excluding steroid dienone is 2. The lowest BCUT2D eigenvalue weighted by Crippen LogP contribution is -2.37. The van der Waals surface area contributed by atoms with Gasteiger partial charge in [0.05, 0.1) is 27.7 Å². The Morgan fingerprint density at radius 3 is 1.14 bits per heavy atom. The van der Waals surface area contributed by atoms with Crippen molar-refractivity contribution in [1.82, 2.24) is 0 Å². The van der Waals surface area contributed by atoms with Crippen LogP contribution in [-0.2, 0) is 32.7 Å². The van der Waals surface area contributed by atoms with E-state index in [0.717, 1.165) is 38.5 Å². The number of carbonyl (C=O) groups excluding carboxylic acids is 2. The van der Waals surface area contributed by atoms with Crippen LogP contribution in [0.15, 0.2) is 12.2 Å². The van der Waals surface area contributed by atoms with Crippen LogP contribution < -0.4 is 4.89 Å². The van der Waals surface area contributed by atoms with Crippen LogP contribution in [0.1, 0.15) is 277 Å². The average molecular weight is 942 g/mol. The van der Waals surface area contributed by atoms with Crippen molar-refractivity contribution in [3.05, 3.63) is 12.2 Å². The number of nitrogens with zero attached hydrogens (tertiary/aromatic N) is 1. The summed E-state index contributed by atoms with van der Waals surface area (Å²) in [7, 11) is 1.18. The normalized spacial score (nSPS) is 13.4. The number of carbonyl (C=O) groups is 2. The third kappa shape index (κ3) is 52.0. The summed E-state index contributed by atoms with van der Waals surface area (Å²) >= 11 is 0. The summed E-state index contributed by atoms with van der Waals surface area (Å²) in [5.74, 6) is -0.816. The molecule has 0 aliphatic carbocycles. The first-order chi connectivity index (χ1) is 31.5. The van der Waals surface area contributed by atoms with Crippen molar-refractivity contribution in [2.75, 3.05) is 47.5 Å². The van der Waals surface area contributed by atoms with Crippen LogP contribution in [0.25, 0.3) is 0 Å². The van der Waals surface area contributed by atoms with Crippen LogP contribution in [0.5, 0.6) is 0 Å². The van der Waals surface area contributed by atoms with Crippen LogP contribution in [0, 0.1) is 0 Å². The first-order valence-corrected chi connectivity index (χ1v) is 29.4. The molecule has 0 aromatic heterocycles. The third-order valence-corrected chi connectivity index (χ3v) is 13.5. The molecule has 0 aliphatic rings. The van der Waals surface area contributed by atoms with Gasteiger partial charge in [0, 0.05) is 12.8 Å². The highest BCUT2D eigenvalue weighted by molar-refractivity contribution is 7.45. The van der Waals surface area contributed by atoms with Gasteiger partial charge in [-0.2, -0.15) is 0 Å². The number of rotatable bonds is 52. The zero-order valence-corrected chi connectivity index (χ0v) is 44.6. The zero-order valence-electron chi connectivity index (χ0n) is 43.7. The van der Waals surface area contributed by atoms with Crippen LogP contribution in [0.4, 0.5) is 0 Å². The fourth-order valence-corrected chi connectivity index (χ4v) is 8.91. The van der Waals surface area contributed by atoms with E-state index in [-0.39, 0.29) is 32.0 Å². The maximum atomic E-state index is 12.8. The predicted octanol–water partition coefficient (Wildman–Crippen LogP) is 16.2. The molecule has 0 aromatic rings. The first kappa shape index (κ1) is 63.8. The highest BCUT2D eigenvalue weighted by Crippen LogP contribution is 2.38. The van der Waals surface area contributed by atoms with E-state index < -0.39 is 26.5 Å². The second-order valence-corrected chi connectivity index (χ2v) is 21.7. The maximum Gasteiger partial charge on any atom is 0.306 e. The van der Waals surface area contributed by atoms with Gasteiger partial charge < -0.3 is 27.9 Å². The van der Waals surface area contributed by atoms with Gasteiger partial charge in [-0.25, -0.2) is 0 Å². The Bertz CT molecular complexity index is 1110. The number of hydrogen-bond donors (Lipinski definition) is 0. The SMILES string of the molecule is CCCCCCCC/C=C/CCCCCCCCCCCCCC(=O)O[C@H](COC(=O)CCCCCCCCCCCCCCCCCCCCCC)COP(=O)([O-])OCC[N+](C)(C)C. The number of phosphoric acid groups is 1. The molecule has 2 atom stereocenters. The predicted molar refractivity (Wildman–Crippen MR) is 273 cm³/mol. The number of quaternary nitrogens is 1. The molecule has 0 spiro atoms. The Labute approximate surface area is 403 Å². The van der Waals surface area contributed by atoms with Crippen LogP contribution in [0.2, 0.25) is 0 Å². The van der Waals surface area contributed by atoms with Crippen molar-refractivity contribution in [1.29, 1.82) is 0 Å². The molecule has 0 rings (SSSR count). The summed E-state index contributed by atoms with van der Waals surface area (Å²) in [6, 6.07) is 0. The molecule has 0 saturated heterocycles. The Hall–Kier alpha value is -1.25. The smallest absolute Gasteiger partial charge is 0.306 e. The molecule has 0 aromatic carbocycles. The van der Waals surface area contributed by atoms with Gasteiger partial charge in [-0.15, -0.1) is 0 Å². The number of likely N-dealkylation sites (N-methyl/N-ethyl adjacent to an activating group) is 1. The van der Waals surface area contributed by atoms with Gasteiger partial charge in [-0.05, 0) is 38.5 Å². The van der Waals surface area contributed by atoms with E-state index in [0.29, 0.717) is 17.4 Å². The van der Waals surface area contributed by atoms with Crippen molar-refractivity contribution in [2.24, 2.45) is 0 Å². The molecular formula is C55H108NO8P. The van der Waals surface area contributed by atoms with Gasteiger partial charge in [-0.1, -0.05) is 238 Å². The largest absolute Gasteiger partial charge is 0.756 e. The highest BCUT2D eigenvalue weighted by Gasteiger charge is 2.22. The van der Waals surface area contributed by atoms with E-state index in [2.05, 4.69) is 26.0 Å². The average Bonchev–Trinajstić information content (AvgIpc) is 3.26. The summed E-state index contributed by atoms with van der Waals surface area (Å²) in [4.78, 5) is 37.8. The summed E-state index contributed by atoms with van der Waals surface area (Å²) in [5, 5.41) is 0. The second-order valence-electron chi connectivity index (χ2n) is 20.3. The quantitative estimate of drug-likeness (QED) is 0.0195. The molecule has 0 aliphatic heterocycles. The van der Waals surface area contributed by atoms with E-state index in [1.165, 1.54) is 205 Å². The number of unbranched alkanes of at least 4 members (excludes halogenated alkanes) is 36. The zero-order chi connectivity index (χ0) is 47.8. The molecule has 386 valence electrons. The first-order valence-electron chi connectivity index (χ1n) is 27.9. The molecule has 0 fully saturated rings. The van der Waals surface area contributed by atoms with Crippen LogP contribution in [-0.4, -0.2) is 70.0 Å². The Kier molecular flexibility index (Phi) is 46.9. The number of esters is 2. The standard InChI is InChI=1S/C55H108NO8P/c1-6-8-10-12-14-16-18-20-22-24-26-28-30-32-34-36-38-40-42-44-46-48-55(58)64-53(52-63-65(59,60)62-50-49-56(3,4)5)51-61-54(57)47-45-43-41-39-37-35-33-31-29-27-25-23-21-19-17-15-13-11-9-7-2/h20,22,53H,6-19,21,23-52H2,1-5H3/b22-20+/t53-/m1/s1. The molecule has 9 nitrogen and oxygen atoms in total. The van der Waals surface area contributed by atoms with E-state index in [9.17, 15) is 19.0 Å². The van der Waals surface area contributed by atoms with Crippen LogP contribution >= 0.6 is 7.82 Å². The molecule has 1 unspecified atom stereocenters. The van der Waals surface area contributed by atoms with E-state index in [1.54, 1.807) is 0 Å². The third-order valence-electron chi connectivity index (χ3n) is 12.5. The minimum atomic E-state index is -4.63. The Morgan fingerprint density at radius 1 is 0.462 bits per heavy atom. The lowest BCUT2D eigenvalue weighted by molar-refractivity contribution is -0.870. The summed E-state index contributed by atoms with van der Waals surface area (Å²) < 4.78 is 34.1. The molecule has 0 bridgehead atoms. The van der Waals surface area contributed by atoms with Gasteiger partial charge in [0.25, 0.3) is 7.82 Å². The lowest BCUT2D eigenvalue weighted by atomic mass is 10.0. The minimum Gasteiger partial charge on any atom is -0.756 e. The highest BCUT2D eigenvalue weighted by atomic mass is 31.2. The topological polar surface area (TPSA) is 111 Å². The monoisotopic (exact) mass is 942 g/mol. The molecule has 0 N–H and O–H groups in total. The Morgan fingerprint density at radius 2 is 0.785 bits per heavy atom. The molecule has 0 heterocycles. The number of phosphoric ester groups is 1. The summed E-state index contributed by atoms with van der Waals surface area (Å²) in [6.07, 6.45) is 53.9. The summed E-state index contributed by atoms with van der Waals surface area (Å²) in [6.45, 7) is 4.29. The van der Waals surface area contributed by atoms with Crippen molar-refractivity contribution in [3.63, 3.8) is 0 Å². The fourth-order valence-electron chi connectivity index (χ4n) is 8.18. The van der Waals surface area contributed by atoms with E-state index in [1.807, 2.05) is 21.1 Å². The van der Waals surface area contributed by atoms with Gasteiger partial charge in [-0.3, -0.25) is 14.2 Å². The molecule has 65 heavy (non-hydrogen) atoms.